The predicted octanol–water partition coefficient (Wildman–Crippen LogP) is 4.61. The van der Waals surface area contributed by atoms with E-state index in [1.54, 1.807) is 5.57 Å². The minimum atomic E-state index is -0.610. The molecule has 0 aromatic heterocycles. The Labute approximate surface area is 175 Å². The Morgan fingerprint density at radius 3 is 2.41 bits per heavy atom. The summed E-state index contributed by atoms with van der Waals surface area (Å²) in [5.41, 5.74) is 2.41. The molecule has 2 atom stereocenters. The second kappa shape index (κ2) is 9.01. The summed E-state index contributed by atoms with van der Waals surface area (Å²) in [6.45, 7) is 2.92. The molecule has 3 saturated carbocycles. The Morgan fingerprint density at radius 1 is 1.14 bits per heavy atom. The van der Waals surface area contributed by atoms with Gasteiger partial charge >= 0.3 is 5.97 Å². The van der Waals surface area contributed by atoms with E-state index in [9.17, 15) is 9.90 Å². The molecule has 0 saturated heterocycles. The molecule has 0 amide bonds. The van der Waals surface area contributed by atoms with Crippen LogP contribution in [0.15, 0.2) is 35.9 Å². The fourth-order valence-electron chi connectivity index (χ4n) is 5.20. The summed E-state index contributed by atoms with van der Waals surface area (Å²) in [5, 5.41) is 17.0. The maximum absolute atomic E-state index is 11.5. The molecule has 1 aromatic carbocycles. The Balaban J connectivity index is 1.20. The highest BCUT2D eigenvalue weighted by Crippen LogP contribution is 2.42. The van der Waals surface area contributed by atoms with Crippen LogP contribution in [0.3, 0.4) is 0 Å². The van der Waals surface area contributed by atoms with E-state index in [1.807, 2.05) is 0 Å². The van der Waals surface area contributed by atoms with Gasteiger partial charge in [-0.15, -0.1) is 0 Å². The summed E-state index contributed by atoms with van der Waals surface area (Å²) in [4.78, 5) is 11.5. The number of aliphatic carboxylic acids is 1. The third-order valence-corrected chi connectivity index (χ3v) is 7.50. The van der Waals surface area contributed by atoms with Crippen LogP contribution in [-0.4, -0.2) is 35.7 Å². The largest absolute Gasteiger partial charge is 0.481 e. The van der Waals surface area contributed by atoms with E-state index in [2.05, 4.69) is 54.0 Å². The van der Waals surface area contributed by atoms with Gasteiger partial charge in [-0.05, 0) is 62.8 Å². The van der Waals surface area contributed by atoms with Crippen LogP contribution >= 0.6 is 0 Å². The zero-order valence-electron chi connectivity index (χ0n) is 17.7. The van der Waals surface area contributed by atoms with Crippen molar-refractivity contribution >= 4 is 12.0 Å². The quantitative estimate of drug-likeness (QED) is 0.570. The topological polar surface area (TPSA) is 61.4 Å². The first-order chi connectivity index (χ1) is 14.1. The van der Waals surface area contributed by atoms with Gasteiger partial charge in [0.2, 0.25) is 0 Å². The van der Waals surface area contributed by atoms with E-state index >= 15 is 0 Å². The number of hydrogen-bond donors (Lipinski definition) is 3. The highest BCUT2D eigenvalue weighted by atomic mass is 16.4. The van der Waals surface area contributed by atoms with E-state index in [1.165, 1.54) is 24.8 Å². The first-order valence-electron chi connectivity index (χ1n) is 11.6. The van der Waals surface area contributed by atoms with Crippen molar-refractivity contribution in [2.75, 3.05) is 6.54 Å². The van der Waals surface area contributed by atoms with Crippen molar-refractivity contribution in [2.45, 2.75) is 82.8 Å². The summed E-state index contributed by atoms with van der Waals surface area (Å²) in [6.07, 6.45) is 12.2. The number of benzene rings is 1. The highest BCUT2D eigenvalue weighted by Gasteiger charge is 2.44. The average Bonchev–Trinajstić information content (AvgIpc) is 3.46. The van der Waals surface area contributed by atoms with Gasteiger partial charge in [0.1, 0.15) is 0 Å². The molecule has 4 nitrogen and oxygen atoms in total. The second-order valence-corrected chi connectivity index (χ2v) is 9.47. The van der Waals surface area contributed by atoms with Gasteiger partial charge in [-0.3, -0.25) is 4.79 Å². The van der Waals surface area contributed by atoms with E-state index in [0.29, 0.717) is 30.6 Å². The van der Waals surface area contributed by atoms with Crippen molar-refractivity contribution in [1.82, 2.24) is 10.6 Å². The monoisotopic (exact) mass is 396 g/mol. The maximum Gasteiger partial charge on any atom is 0.310 e. The minimum Gasteiger partial charge on any atom is -0.481 e. The molecule has 4 heteroatoms. The third-order valence-electron chi connectivity index (χ3n) is 7.50. The average molecular weight is 397 g/mol. The summed E-state index contributed by atoms with van der Waals surface area (Å²) in [5.74, 6) is 0.0896. The van der Waals surface area contributed by atoms with Gasteiger partial charge in [0.15, 0.2) is 0 Å². The molecule has 3 fully saturated rings. The van der Waals surface area contributed by atoms with Crippen molar-refractivity contribution in [3.63, 3.8) is 0 Å². The summed E-state index contributed by atoms with van der Waals surface area (Å²) < 4.78 is 0. The molecule has 0 spiro atoms. The van der Waals surface area contributed by atoms with E-state index in [-0.39, 0.29) is 0 Å². The maximum atomic E-state index is 11.5. The van der Waals surface area contributed by atoms with Crippen molar-refractivity contribution in [3.8, 4) is 0 Å². The molecule has 0 aliphatic heterocycles. The lowest BCUT2D eigenvalue weighted by Crippen LogP contribution is -2.50. The Morgan fingerprint density at radius 2 is 1.83 bits per heavy atom. The van der Waals surface area contributed by atoms with Crippen LogP contribution < -0.4 is 10.6 Å². The van der Waals surface area contributed by atoms with Crippen LogP contribution in [0.4, 0.5) is 0 Å². The van der Waals surface area contributed by atoms with Gasteiger partial charge in [-0.25, -0.2) is 0 Å². The second-order valence-electron chi connectivity index (χ2n) is 9.47. The molecule has 158 valence electrons. The van der Waals surface area contributed by atoms with Crippen molar-refractivity contribution in [3.05, 3.63) is 41.5 Å². The number of carboxylic acids is 1. The van der Waals surface area contributed by atoms with Crippen LogP contribution in [0, 0.1) is 11.3 Å². The van der Waals surface area contributed by atoms with E-state index < -0.39 is 11.4 Å². The molecule has 3 N–H and O–H groups in total. The normalized spacial score (nSPS) is 31.1. The van der Waals surface area contributed by atoms with Crippen molar-refractivity contribution in [2.24, 2.45) is 11.3 Å². The zero-order valence-corrected chi connectivity index (χ0v) is 17.7. The van der Waals surface area contributed by atoms with Crippen LogP contribution in [0.5, 0.6) is 0 Å². The molecule has 0 heterocycles. The molecule has 0 radical (unpaired) electrons. The van der Waals surface area contributed by atoms with Crippen LogP contribution in [0.2, 0.25) is 0 Å². The number of carboxylic acid groups (broad SMARTS) is 1. The first-order valence-corrected chi connectivity index (χ1v) is 11.6. The van der Waals surface area contributed by atoms with Crippen molar-refractivity contribution < 1.29 is 9.90 Å². The smallest absolute Gasteiger partial charge is 0.310 e. The van der Waals surface area contributed by atoms with Gasteiger partial charge in [-0.2, -0.15) is 0 Å². The zero-order chi connectivity index (χ0) is 20.3. The molecule has 29 heavy (non-hydrogen) atoms. The summed E-state index contributed by atoms with van der Waals surface area (Å²) in [6, 6.07) is 12.4. The number of nitrogens with one attached hydrogen (secondary N) is 2. The van der Waals surface area contributed by atoms with Gasteiger partial charge < -0.3 is 15.7 Å². The predicted molar refractivity (Wildman–Crippen MR) is 118 cm³/mol. The summed E-state index contributed by atoms with van der Waals surface area (Å²) in [7, 11) is 0. The molecule has 3 aliphatic carbocycles. The minimum absolute atomic E-state index is 0.474. The molecular formula is C25H36N2O2. The van der Waals surface area contributed by atoms with E-state index in [0.717, 1.165) is 38.5 Å². The molecular weight excluding hydrogens is 360 g/mol. The molecule has 4 rings (SSSR count). The Hall–Kier alpha value is -1.65. The molecule has 0 unspecified atom stereocenters. The Bertz CT molecular complexity index is 718. The fraction of sp³-hybridized carbons (Fsp3) is 0.640. The number of rotatable bonds is 9. The SMILES string of the molecule is CC/C(=C\c1ccccc1)[C@@H]1C[C@H]1N[C@H]1CC[C@H](NCC2(C(=O)O)CCC2)CC1. The first kappa shape index (κ1) is 20.6. The van der Waals surface area contributed by atoms with Gasteiger partial charge in [0.05, 0.1) is 5.41 Å². The lowest BCUT2D eigenvalue weighted by Gasteiger charge is -2.40. The van der Waals surface area contributed by atoms with Gasteiger partial charge in [0.25, 0.3) is 0 Å². The van der Waals surface area contributed by atoms with Crippen LogP contribution in [0.25, 0.3) is 6.08 Å². The lowest BCUT2D eigenvalue weighted by molar-refractivity contribution is -0.154. The molecule has 0 bridgehead atoms. The van der Waals surface area contributed by atoms with E-state index in [4.69, 9.17) is 0 Å². The highest BCUT2D eigenvalue weighted by molar-refractivity contribution is 5.76. The molecule has 1 aromatic rings. The number of carbonyl (C=O) groups is 1. The van der Waals surface area contributed by atoms with Crippen LogP contribution in [-0.2, 0) is 4.79 Å². The summed E-state index contributed by atoms with van der Waals surface area (Å²) >= 11 is 0. The van der Waals surface area contributed by atoms with Gasteiger partial charge in [0, 0.05) is 24.7 Å². The van der Waals surface area contributed by atoms with Crippen LogP contribution in [0.1, 0.15) is 70.3 Å². The van der Waals surface area contributed by atoms with Crippen molar-refractivity contribution in [1.29, 1.82) is 0 Å². The number of hydrogen-bond acceptors (Lipinski definition) is 3. The molecule has 3 aliphatic rings. The lowest BCUT2D eigenvalue weighted by atomic mass is 9.68. The van der Waals surface area contributed by atoms with Gasteiger partial charge in [-0.1, -0.05) is 55.3 Å². The standard InChI is InChI=1S/C25H36N2O2/c1-2-19(15-18-7-4-3-5-8-18)22-16-23(22)27-21-11-9-20(10-12-21)26-17-25(24(28)29)13-6-14-25/h3-5,7-8,15,20-23,26-27H,2,6,9-14,16-17H2,1H3,(H,28,29)/b19-15+/t20-,21-,22-,23+/m0/s1. The third kappa shape index (κ3) is 4.92. The fourth-order valence-corrected chi connectivity index (χ4v) is 5.20. The Kier molecular flexibility index (Phi) is 6.41.